The molecule has 1 fully saturated rings. The van der Waals surface area contributed by atoms with Crippen molar-refractivity contribution in [2.24, 2.45) is 0 Å². The quantitative estimate of drug-likeness (QED) is 0.245. The van der Waals surface area contributed by atoms with Gasteiger partial charge in [0.05, 0.1) is 24.6 Å². The van der Waals surface area contributed by atoms with Gasteiger partial charge in [-0.15, -0.1) is 5.10 Å². The van der Waals surface area contributed by atoms with Gasteiger partial charge in [-0.2, -0.15) is 8.62 Å². The summed E-state index contributed by atoms with van der Waals surface area (Å²) in [5, 5.41) is 3.81. The zero-order chi connectivity index (χ0) is 23.2. The summed E-state index contributed by atoms with van der Waals surface area (Å²) in [6, 6.07) is 0. The lowest BCUT2D eigenvalue weighted by atomic mass is 10.1. The smallest absolute Gasteiger partial charge is 0.368 e. The van der Waals surface area contributed by atoms with E-state index in [4.69, 9.17) is 25.2 Å². The molecule has 0 amide bonds. The number of nitrogens with zero attached hydrogens (tertiary/aromatic N) is 3. The van der Waals surface area contributed by atoms with Gasteiger partial charge in [0.1, 0.15) is 12.3 Å². The molecular formula is C10H15FN5O12P3. The molecule has 3 heterocycles. The Morgan fingerprint density at radius 2 is 1.94 bits per heavy atom. The predicted molar refractivity (Wildman–Crippen MR) is 95.0 cm³/mol. The molecular weight excluding hydrogens is 494 g/mol. The van der Waals surface area contributed by atoms with Crippen LogP contribution in [-0.2, 0) is 31.6 Å². The number of aromatic amines is 1. The van der Waals surface area contributed by atoms with Crippen LogP contribution in [0.5, 0.6) is 0 Å². The Bertz CT molecular complexity index is 1180. The maximum absolute atomic E-state index is 14.5. The lowest BCUT2D eigenvalue weighted by molar-refractivity contribution is -0.00228. The highest BCUT2D eigenvalue weighted by Gasteiger charge is 2.43. The molecule has 17 nitrogen and oxygen atoms in total. The molecule has 174 valence electrons. The van der Waals surface area contributed by atoms with E-state index in [0.717, 1.165) is 10.7 Å². The fraction of sp³-hybridized carbons (Fsp3) is 0.500. The third kappa shape index (κ3) is 6.03. The van der Waals surface area contributed by atoms with Crippen molar-refractivity contribution in [3.05, 3.63) is 22.2 Å². The second-order valence-electron chi connectivity index (χ2n) is 6.07. The van der Waals surface area contributed by atoms with Crippen LogP contribution in [0.25, 0.3) is 5.65 Å². The topological polar surface area (TPSA) is 258 Å². The van der Waals surface area contributed by atoms with Gasteiger partial charge in [0.25, 0.3) is 5.56 Å². The monoisotopic (exact) mass is 509 g/mol. The van der Waals surface area contributed by atoms with Crippen molar-refractivity contribution in [2.75, 3.05) is 12.3 Å². The van der Waals surface area contributed by atoms with Crippen LogP contribution in [-0.4, -0.2) is 58.0 Å². The Balaban J connectivity index is 1.67. The van der Waals surface area contributed by atoms with Crippen LogP contribution in [0.4, 0.5) is 10.3 Å². The van der Waals surface area contributed by atoms with Gasteiger partial charge in [0, 0.05) is 6.42 Å². The number of hydrogen-bond donors (Lipinski definition) is 6. The standard InChI is InChI=1S/C10H15FN5O12P3/c11-5-1-4(3-25-30(21,22)28-31(23,24)27-29(18,19)20)26-7(5)6-2-13-8-9(17)14-10(12)15-16(6)8/h2,4-5,7H,1,3H2,(H,21,22)(H,23,24)(H2,18,19,20)(H3,12,14,15,17). The third-order valence-corrected chi connectivity index (χ3v) is 7.51. The first-order chi connectivity index (χ1) is 14.2. The molecule has 0 aliphatic carbocycles. The summed E-state index contributed by atoms with van der Waals surface area (Å²) in [5.41, 5.74) is 4.60. The number of fused-ring (bicyclic) bond motifs is 1. The van der Waals surface area contributed by atoms with E-state index >= 15 is 0 Å². The number of phosphoric ester groups is 1. The molecule has 0 saturated carbocycles. The van der Waals surface area contributed by atoms with Crippen molar-refractivity contribution in [1.82, 2.24) is 19.6 Å². The number of nitrogens with two attached hydrogens (primary N) is 1. The van der Waals surface area contributed by atoms with Crippen LogP contribution in [0.3, 0.4) is 0 Å². The second kappa shape index (κ2) is 8.42. The number of H-pyrrole nitrogens is 1. The number of alkyl halides is 1. The van der Waals surface area contributed by atoms with Gasteiger partial charge in [-0.1, -0.05) is 0 Å². The largest absolute Gasteiger partial charge is 0.490 e. The molecule has 0 bridgehead atoms. The third-order valence-electron chi connectivity index (χ3n) is 3.70. The zero-order valence-corrected chi connectivity index (χ0v) is 17.6. The van der Waals surface area contributed by atoms with E-state index in [9.17, 15) is 27.8 Å². The number of aromatic nitrogens is 4. The number of nitrogens with one attached hydrogen (secondary N) is 1. The summed E-state index contributed by atoms with van der Waals surface area (Å²) >= 11 is 0. The van der Waals surface area contributed by atoms with Crippen LogP contribution in [0.1, 0.15) is 18.2 Å². The molecule has 5 atom stereocenters. The van der Waals surface area contributed by atoms with E-state index in [-0.39, 0.29) is 23.7 Å². The van der Waals surface area contributed by atoms with Gasteiger partial charge < -0.3 is 30.0 Å². The van der Waals surface area contributed by atoms with Crippen molar-refractivity contribution in [3.63, 3.8) is 0 Å². The molecule has 1 saturated heterocycles. The van der Waals surface area contributed by atoms with E-state index in [2.05, 4.69) is 28.2 Å². The van der Waals surface area contributed by atoms with Crippen LogP contribution >= 0.6 is 23.5 Å². The lowest BCUT2D eigenvalue weighted by Crippen LogP contribution is -2.19. The van der Waals surface area contributed by atoms with Crippen molar-refractivity contribution in [1.29, 1.82) is 0 Å². The van der Waals surface area contributed by atoms with Gasteiger partial charge in [0.2, 0.25) is 11.6 Å². The van der Waals surface area contributed by atoms with E-state index in [1.165, 1.54) is 0 Å². The fourth-order valence-electron chi connectivity index (χ4n) is 2.68. The Labute approximate surface area is 170 Å². The highest BCUT2D eigenvalue weighted by molar-refractivity contribution is 7.66. The average molecular weight is 509 g/mol. The molecule has 1 aliphatic heterocycles. The molecule has 0 aromatic carbocycles. The van der Waals surface area contributed by atoms with Gasteiger partial charge in [-0.3, -0.25) is 14.3 Å². The number of hydrogen-bond acceptors (Lipinski definition) is 11. The number of ether oxygens (including phenoxy) is 1. The van der Waals surface area contributed by atoms with Crippen molar-refractivity contribution >= 4 is 35.1 Å². The van der Waals surface area contributed by atoms with E-state index in [0.29, 0.717) is 0 Å². The first-order valence-corrected chi connectivity index (χ1v) is 12.5. The molecule has 2 aromatic rings. The molecule has 21 heteroatoms. The summed E-state index contributed by atoms with van der Waals surface area (Å²) in [6.07, 6.45) is -3.43. The number of anilines is 1. The second-order valence-corrected chi connectivity index (χ2v) is 10.5. The Morgan fingerprint density at radius 1 is 1.26 bits per heavy atom. The number of phosphoric acid groups is 3. The fourth-order valence-corrected chi connectivity index (χ4v) is 5.73. The van der Waals surface area contributed by atoms with Crippen LogP contribution in [0.15, 0.2) is 11.0 Å². The summed E-state index contributed by atoms with van der Waals surface area (Å²) in [6.45, 7) is -0.826. The highest BCUT2D eigenvalue weighted by atomic mass is 31.3. The van der Waals surface area contributed by atoms with E-state index < -0.39 is 54.0 Å². The van der Waals surface area contributed by atoms with Crippen LogP contribution < -0.4 is 11.3 Å². The predicted octanol–water partition coefficient (Wildman–Crippen LogP) is -0.489. The van der Waals surface area contributed by atoms with Crippen molar-refractivity contribution < 1.29 is 55.5 Å². The Morgan fingerprint density at radius 3 is 2.58 bits per heavy atom. The first kappa shape index (κ1) is 24.1. The summed E-state index contributed by atoms with van der Waals surface area (Å²) in [7, 11) is -16.6. The maximum atomic E-state index is 14.5. The average Bonchev–Trinajstić information content (AvgIpc) is 3.12. The molecule has 0 radical (unpaired) electrons. The molecule has 5 unspecified atom stereocenters. The normalized spacial score (nSPS) is 26.0. The molecule has 7 N–H and O–H groups in total. The van der Waals surface area contributed by atoms with E-state index in [1.807, 2.05) is 0 Å². The summed E-state index contributed by atoms with van der Waals surface area (Å²) < 4.78 is 66.0. The summed E-state index contributed by atoms with van der Waals surface area (Å²) in [4.78, 5) is 53.3. The number of imidazole rings is 1. The molecule has 2 aromatic heterocycles. The van der Waals surface area contributed by atoms with Gasteiger partial charge in [-0.05, 0) is 0 Å². The number of halogens is 1. The lowest BCUT2D eigenvalue weighted by Gasteiger charge is -2.18. The molecule has 3 rings (SSSR count). The minimum atomic E-state index is -5.68. The maximum Gasteiger partial charge on any atom is 0.490 e. The highest BCUT2D eigenvalue weighted by Crippen LogP contribution is 2.66. The minimum Gasteiger partial charge on any atom is -0.368 e. The SMILES string of the molecule is Nc1nn2c(C3OC(COP(=O)(O)OP(=O)(O)OP(=O)(O)O)CC3F)cnc2c(=O)[nH]1. The van der Waals surface area contributed by atoms with Gasteiger partial charge in [0.15, 0.2) is 0 Å². The Hall–Kier alpha value is -1.55. The van der Waals surface area contributed by atoms with Gasteiger partial charge in [-0.25, -0.2) is 27.6 Å². The molecule has 31 heavy (non-hydrogen) atoms. The minimum absolute atomic E-state index is 0.0149. The van der Waals surface area contributed by atoms with Crippen LogP contribution in [0, 0.1) is 0 Å². The first-order valence-electron chi connectivity index (χ1n) is 7.97. The number of nitrogen functional groups attached to an aromatic ring is 1. The van der Waals surface area contributed by atoms with Crippen LogP contribution in [0.2, 0.25) is 0 Å². The van der Waals surface area contributed by atoms with E-state index in [1.54, 1.807) is 0 Å². The van der Waals surface area contributed by atoms with Crippen molar-refractivity contribution in [3.8, 4) is 0 Å². The zero-order valence-electron chi connectivity index (χ0n) is 14.9. The van der Waals surface area contributed by atoms with Crippen molar-refractivity contribution in [2.45, 2.75) is 24.8 Å². The summed E-state index contributed by atoms with van der Waals surface area (Å²) in [5.74, 6) is -0.269. The molecule has 1 aliphatic rings. The Kier molecular flexibility index (Phi) is 6.55. The van der Waals surface area contributed by atoms with Gasteiger partial charge >= 0.3 is 23.5 Å². The number of rotatable bonds is 8. The molecule has 0 spiro atoms.